The first kappa shape index (κ1) is 30.0. The van der Waals surface area contributed by atoms with Crippen molar-refractivity contribution in [3.05, 3.63) is 81.1 Å². The highest BCUT2D eigenvalue weighted by Gasteiger charge is 2.36. The van der Waals surface area contributed by atoms with Gasteiger partial charge >= 0.3 is 0 Å². The van der Waals surface area contributed by atoms with Crippen LogP contribution in [0.5, 0.6) is 0 Å². The van der Waals surface area contributed by atoms with E-state index in [9.17, 15) is 18.8 Å². The van der Waals surface area contributed by atoms with Gasteiger partial charge in [-0.25, -0.2) is 4.39 Å². The zero-order valence-electron chi connectivity index (χ0n) is 23.3. The Morgan fingerprint density at radius 3 is 2.24 bits per heavy atom. The normalized spacial score (nSPS) is 16.6. The zero-order valence-corrected chi connectivity index (χ0v) is 24.9. The number of amides is 3. The van der Waals surface area contributed by atoms with Gasteiger partial charge in [0.15, 0.2) is 5.69 Å². The maximum atomic E-state index is 14.3. The minimum Gasteiger partial charge on any atom is -0.395 e. The molecule has 5 rings (SSSR count). The minimum absolute atomic E-state index is 0.000330. The minimum atomic E-state index is -1.11. The molecule has 0 saturated heterocycles. The van der Waals surface area contributed by atoms with Crippen molar-refractivity contribution in [3.8, 4) is 0 Å². The predicted molar refractivity (Wildman–Crippen MR) is 162 cm³/mol. The van der Waals surface area contributed by atoms with Crippen LogP contribution in [0.4, 0.5) is 10.1 Å². The van der Waals surface area contributed by atoms with E-state index in [1.165, 1.54) is 29.2 Å². The first-order valence-corrected chi connectivity index (χ1v) is 15.6. The van der Waals surface area contributed by atoms with Gasteiger partial charge in [0.1, 0.15) is 16.7 Å². The number of rotatable bonds is 9. The lowest BCUT2D eigenvalue weighted by Crippen LogP contribution is -2.46. The monoisotopic (exact) mass is 611 g/mol. The average Bonchev–Trinajstić information content (AvgIpc) is 3.64. The Morgan fingerprint density at radius 1 is 0.952 bits per heavy atom. The largest absolute Gasteiger partial charge is 0.395 e. The third kappa shape index (κ3) is 6.93. The van der Waals surface area contributed by atoms with Crippen molar-refractivity contribution in [3.63, 3.8) is 0 Å². The lowest BCUT2D eigenvalue weighted by atomic mass is 9.95. The van der Waals surface area contributed by atoms with E-state index in [2.05, 4.69) is 15.0 Å². The van der Waals surface area contributed by atoms with Crippen LogP contribution in [0.1, 0.15) is 95.1 Å². The molecule has 2 aromatic carbocycles. The first-order valence-electron chi connectivity index (χ1n) is 14.5. The smallest absolute Gasteiger partial charge is 0.273 e. The second-order valence-corrected chi connectivity index (χ2v) is 12.2. The quantitative estimate of drug-likeness (QED) is 0.273. The number of nitrogens with zero attached hydrogens (tertiary/aromatic N) is 2. The van der Waals surface area contributed by atoms with Gasteiger partial charge in [-0.05, 0) is 66.5 Å². The third-order valence-electron chi connectivity index (χ3n) is 8.08. The Bertz CT molecular complexity index is 1420. The van der Waals surface area contributed by atoms with E-state index in [-0.39, 0.29) is 40.8 Å². The highest BCUT2D eigenvalue weighted by atomic mass is 35.5. The fourth-order valence-corrected chi connectivity index (χ4v) is 6.75. The molecule has 1 aromatic heterocycles. The van der Waals surface area contributed by atoms with Gasteiger partial charge in [0.05, 0.1) is 5.69 Å². The second kappa shape index (κ2) is 13.6. The second-order valence-electron chi connectivity index (χ2n) is 11.1. The van der Waals surface area contributed by atoms with Crippen LogP contribution in [0.2, 0.25) is 5.02 Å². The molecule has 2 aliphatic rings. The molecule has 0 bridgehead atoms. The van der Waals surface area contributed by atoms with E-state index >= 15 is 0 Å². The fraction of sp³-hybridized carbons (Fsp3) is 0.419. The number of nitrogens with two attached hydrogens (primary N) is 1. The number of aromatic nitrogens is 1. The van der Waals surface area contributed by atoms with Crippen LogP contribution in [0.15, 0.2) is 48.5 Å². The summed E-state index contributed by atoms with van der Waals surface area (Å²) in [7, 11) is 0. The van der Waals surface area contributed by atoms with E-state index in [0.717, 1.165) is 69.3 Å². The first-order chi connectivity index (χ1) is 20.3. The van der Waals surface area contributed by atoms with Gasteiger partial charge in [0.25, 0.3) is 11.8 Å². The molecule has 0 radical (unpaired) electrons. The summed E-state index contributed by atoms with van der Waals surface area (Å²) in [4.78, 5) is 42.7. The number of carbonyl (C=O) groups excluding carboxylic acids is 3. The van der Waals surface area contributed by atoms with Crippen molar-refractivity contribution in [1.29, 1.82) is 0 Å². The molecule has 42 heavy (non-hydrogen) atoms. The lowest BCUT2D eigenvalue weighted by molar-refractivity contribution is -0.126. The molecule has 2 fully saturated rings. The SMILES string of the molecule is Nc1c(C(=O)NC2CCCCC2)nsc1C(=O)N(Cc1ccccc1Cl)[C@H](C(=O)NC1CCCC1)c1ccc(F)cc1. The Morgan fingerprint density at radius 2 is 1.57 bits per heavy atom. The van der Waals surface area contributed by atoms with Gasteiger partial charge in [-0.2, -0.15) is 4.37 Å². The molecule has 4 N–H and O–H groups in total. The van der Waals surface area contributed by atoms with Crippen LogP contribution in [-0.2, 0) is 11.3 Å². The van der Waals surface area contributed by atoms with Crippen LogP contribution >= 0.6 is 23.1 Å². The Kier molecular flexibility index (Phi) is 9.74. The van der Waals surface area contributed by atoms with Crippen LogP contribution in [0, 0.1) is 5.82 Å². The number of nitrogens with one attached hydrogen (secondary N) is 2. The van der Waals surface area contributed by atoms with Crippen molar-refractivity contribution in [2.75, 3.05) is 5.73 Å². The molecule has 11 heteroatoms. The summed E-state index contributed by atoms with van der Waals surface area (Å²) in [6.45, 7) is -0.0282. The Balaban J connectivity index is 1.51. The molecule has 3 amide bonds. The zero-order chi connectivity index (χ0) is 29.6. The topological polar surface area (TPSA) is 117 Å². The molecular weight excluding hydrogens is 577 g/mol. The number of benzene rings is 2. The van der Waals surface area contributed by atoms with Crippen LogP contribution in [-0.4, -0.2) is 39.1 Å². The molecule has 0 aliphatic heterocycles. The number of hydrogen-bond donors (Lipinski definition) is 3. The van der Waals surface area contributed by atoms with Crippen molar-refractivity contribution >= 4 is 46.5 Å². The number of hydrogen-bond acceptors (Lipinski definition) is 6. The van der Waals surface area contributed by atoms with Gasteiger partial charge in [0.2, 0.25) is 5.91 Å². The van der Waals surface area contributed by atoms with E-state index in [1.54, 1.807) is 24.3 Å². The van der Waals surface area contributed by atoms with Crippen LogP contribution in [0.3, 0.4) is 0 Å². The molecule has 2 saturated carbocycles. The maximum absolute atomic E-state index is 14.3. The highest BCUT2D eigenvalue weighted by molar-refractivity contribution is 7.09. The lowest BCUT2D eigenvalue weighted by Gasteiger charge is -2.32. The molecule has 222 valence electrons. The summed E-state index contributed by atoms with van der Waals surface area (Å²) >= 11 is 7.33. The number of nitrogen functional groups attached to an aromatic ring is 1. The van der Waals surface area contributed by atoms with Crippen molar-refractivity contribution in [1.82, 2.24) is 19.9 Å². The van der Waals surface area contributed by atoms with Crippen molar-refractivity contribution in [2.45, 2.75) is 82.5 Å². The standard InChI is InChI=1S/C31H35ClFN5O3S/c32-24-13-7-4-8-20(24)18-38(27(19-14-16-21(33)17-15-19)30(40)36-23-11-5-6-12-23)31(41)28-25(34)26(37-42-28)29(39)35-22-9-2-1-3-10-22/h4,7-8,13-17,22-23,27H,1-3,5-6,9-12,18,34H2,(H,35,39)(H,36,40)/t27-/m0/s1. The maximum Gasteiger partial charge on any atom is 0.273 e. The summed E-state index contributed by atoms with van der Waals surface area (Å²) in [6, 6.07) is 11.5. The molecule has 8 nitrogen and oxygen atoms in total. The predicted octanol–water partition coefficient (Wildman–Crippen LogP) is 6.02. The number of carbonyl (C=O) groups is 3. The molecule has 1 heterocycles. The Hall–Kier alpha value is -3.50. The van der Waals surface area contributed by atoms with Crippen molar-refractivity contribution in [2.24, 2.45) is 0 Å². The van der Waals surface area contributed by atoms with Crippen LogP contribution in [0.25, 0.3) is 0 Å². The van der Waals surface area contributed by atoms with E-state index < -0.39 is 23.7 Å². The molecule has 0 spiro atoms. The van der Waals surface area contributed by atoms with E-state index in [4.69, 9.17) is 17.3 Å². The molecule has 3 aromatic rings. The van der Waals surface area contributed by atoms with Gasteiger partial charge in [-0.3, -0.25) is 14.4 Å². The summed E-state index contributed by atoms with van der Waals surface area (Å²) in [5.41, 5.74) is 7.42. The number of halogens is 2. The van der Waals surface area contributed by atoms with Crippen LogP contribution < -0.4 is 16.4 Å². The van der Waals surface area contributed by atoms with Gasteiger partial charge in [-0.1, -0.05) is 74.0 Å². The molecule has 1 atom stereocenters. The highest BCUT2D eigenvalue weighted by Crippen LogP contribution is 2.32. The van der Waals surface area contributed by atoms with Gasteiger partial charge in [-0.15, -0.1) is 0 Å². The number of anilines is 1. The van der Waals surface area contributed by atoms with E-state index in [0.29, 0.717) is 16.1 Å². The summed E-state index contributed by atoms with van der Waals surface area (Å²) in [6.07, 6.45) is 8.75. The van der Waals surface area contributed by atoms with Gasteiger partial charge < -0.3 is 21.3 Å². The molecule has 0 unspecified atom stereocenters. The summed E-state index contributed by atoms with van der Waals surface area (Å²) in [5, 5.41) is 6.52. The average molecular weight is 612 g/mol. The third-order valence-corrected chi connectivity index (χ3v) is 9.30. The summed E-state index contributed by atoms with van der Waals surface area (Å²) < 4.78 is 18.2. The van der Waals surface area contributed by atoms with Crippen molar-refractivity contribution < 1.29 is 18.8 Å². The molecule has 2 aliphatic carbocycles. The fourth-order valence-electron chi connectivity index (χ4n) is 5.80. The molecular formula is C31H35ClFN5O3S. The Labute approximate surface area is 254 Å². The summed E-state index contributed by atoms with van der Waals surface area (Å²) in [5.74, 6) is -1.83. The van der Waals surface area contributed by atoms with E-state index in [1.807, 2.05) is 0 Å². The van der Waals surface area contributed by atoms with Gasteiger partial charge in [0, 0.05) is 23.7 Å².